The predicted octanol–water partition coefficient (Wildman–Crippen LogP) is 3.83. The summed E-state index contributed by atoms with van der Waals surface area (Å²) in [6.07, 6.45) is 1.22. The fourth-order valence-corrected chi connectivity index (χ4v) is 5.24. The van der Waals surface area contributed by atoms with E-state index in [2.05, 4.69) is 5.32 Å². The van der Waals surface area contributed by atoms with Gasteiger partial charge < -0.3 is 15.0 Å². The van der Waals surface area contributed by atoms with Crippen LogP contribution in [0.4, 0.5) is 5.69 Å². The van der Waals surface area contributed by atoms with Gasteiger partial charge in [0.25, 0.3) is 0 Å². The number of Topliss-reactive ketones (excluding diaryl/α,β-unsaturated/α-hetero) is 1. The topological polar surface area (TPSA) is 113 Å². The number of nitrogens with one attached hydrogen (secondary N) is 1. The van der Waals surface area contributed by atoms with Gasteiger partial charge in [-0.15, -0.1) is 0 Å². The number of ketones is 1. The zero-order valence-corrected chi connectivity index (χ0v) is 24.9. The molecule has 0 aliphatic carbocycles. The standard InChI is InChI=1S/C31H37N3O6S/c1-22(2)32-31(37)29(18-24-11-7-6-8-12-24)33(20-25-13-9-16-28(17-25)40-4)30(36)21-34(41(5,38)39)27-15-10-14-26(19-27)23(3)35/h6-17,19,22,29H,18,20-21H2,1-5H3,(H,32,37). The van der Waals surface area contributed by atoms with E-state index in [-0.39, 0.29) is 36.4 Å². The number of hydrogen-bond donors (Lipinski definition) is 1. The third-order valence-corrected chi connectivity index (χ3v) is 7.55. The maximum atomic E-state index is 14.1. The molecule has 3 aromatic carbocycles. The van der Waals surface area contributed by atoms with Crippen molar-refractivity contribution in [2.45, 2.75) is 45.8 Å². The molecule has 0 bridgehead atoms. The highest BCUT2D eigenvalue weighted by molar-refractivity contribution is 7.92. The molecule has 0 spiro atoms. The summed E-state index contributed by atoms with van der Waals surface area (Å²) in [4.78, 5) is 41.1. The van der Waals surface area contributed by atoms with Crippen molar-refractivity contribution in [3.8, 4) is 5.75 Å². The molecule has 0 aromatic heterocycles. The van der Waals surface area contributed by atoms with Crippen LogP contribution in [-0.2, 0) is 32.6 Å². The van der Waals surface area contributed by atoms with Crippen LogP contribution in [0.1, 0.15) is 42.3 Å². The van der Waals surface area contributed by atoms with Gasteiger partial charge in [-0.3, -0.25) is 18.7 Å². The molecule has 9 nitrogen and oxygen atoms in total. The predicted molar refractivity (Wildman–Crippen MR) is 159 cm³/mol. The zero-order valence-electron chi connectivity index (χ0n) is 24.0. The van der Waals surface area contributed by atoms with E-state index >= 15 is 0 Å². The van der Waals surface area contributed by atoms with Crippen molar-refractivity contribution < 1.29 is 27.5 Å². The first-order chi connectivity index (χ1) is 19.4. The molecule has 2 amide bonds. The number of nitrogens with zero attached hydrogens (tertiary/aromatic N) is 2. The summed E-state index contributed by atoms with van der Waals surface area (Å²) in [6.45, 7) is 4.51. The van der Waals surface area contributed by atoms with Gasteiger partial charge in [-0.25, -0.2) is 8.42 Å². The molecule has 0 fully saturated rings. The Kier molecular flexibility index (Phi) is 10.7. The van der Waals surface area contributed by atoms with Crippen LogP contribution < -0.4 is 14.4 Å². The number of benzene rings is 3. The van der Waals surface area contributed by atoms with E-state index in [0.29, 0.717) is 16.9 Å². The van der Waals surface area contributed by atoms with Gasteiger partial charge in [-0.2, -0.15) is 0 Å². The fourth-order valence-electron chi connectivity index (χ4n) is 4.40. The van der Waals surface area contributed by atoms with Gasteiger partial charge in [0.2, 0.25) is 21.8 Å². The SMILES string of the molecule is COc1cccc(CN(C(=O)CN(c2cccc(C(C)=O)c2)S(C)(=O)=O)C(Cc2ccccc2)C(=O)NC(C)C)c1. The number of carbonyl (C=O) groups is 3. The summed E-state index contributed by atoms with van der Waals surface area (Å²) in [6, 6.07) is 21.5. The quantitative estimate of drug-likeness (QED) is 0.308. The second kappa shape index (κ2) is 13.9. The van der Waals surface area contributed by atoms with E-state index in [1.807, 2.05) is 50.2 Å². The third kappa shape index (κ3) is 8.91. The lowest BCUT2D eigenvalue weighted by atomic mass is 10.0. The molecule has 0 heterocycles. The van der Waals surface area contributed by atoms with Crippen LogP contribution in [0.2, 0.25) is 0 Å². The molecule has 3 rings (SSSR count). The molecule has 1 atom stereocenters. The maximum Gasteiger partial charge on any atom is 0.244 e. The van der Waals surface area contributed by atoms with Crippen molar-refractivity contribution in [3.05, 3.63) is 95.6 Å². The number of anilines is 1. The minimum absolute atomic E-state index is 0.0319. The number of amides is 2. The Hall–Kier alpha value is -4.18. The van der Waals surface area contributed by atoms with Crippen molar-refractivity contribution in [1.82, 2.24) is 10.2 Å². The first-order valence-corrected chi connectivity index (χ1v) is 15.1. The Morgan fingerprint density at radius 3 is 2.17 bits per heavy atom. The van der Waals surface area contributed by atoms with Crippen molar-refractivity contribution in [2.75, 3.05) is 24.2 Å². The van der Waals surface area contributed by atoms with Gasteiger partial charge in [0.05, 0.1) is 19.1 Å². The zero-order chi connectivity index (χ0) is 30.2. The smallest absolute Gasteiger partial charge is 0.244 e. The molecular formula is C31H37N3O6S. The van der Waals surface area contributed by atoms with Crippen molar-refractivity contribution >= 4 is 33.3 Å². The van der Waals surface area contributed by atoms with E-state index in [4.69, 9.17) is 4.74 Å². The third-order valence-electron chi connectivity index (χ3n) is 6.41. The maximum absolute atomic E-state index is 14.1. The highest BCUT2D eigenvalue weighted by Crippen LogP contribution is 2.23. The highest BCUT2D eigenvalue weighted by Gasteiger charge is 2.33. The molecule has 1 unspecified atom stereocenters. The normalized spacial score (nSPS) is 12.0. The minimum Gasteiger partial charge on any atom is -0.497 e. The largest absolute Gasteiger partial charge is 0.497 e. The molecule has 0 radical (unpaired) electrons. The number of carbonyl (C=O) groups excluding carboxylic acids is 3. The van der Waals surface area contributed by atoms with Gasteiger partial charge >= 0.3 is 0 Å². The monoisotopic (exact) mass is 579 g/mol. The Morgan fingerprint density at radius 2 is 1.56 bits per heavy atom. The molecule has 3 aromatic rings. The molecule has 1 N–H and O–H groups in total. The van der Waals surface area contributed by atoms with E-state index in [1.165, 1.54) is 31.1 Å². The summed E-state index contributed by atoms with van der Waals surface area (Å²) >= 11 is 0. The van der Waals surface area contributed by atoms with Crippen LogP contribution in [-0.4, -0.2) is 62.9 Å². The number of rotatable bonds is 13. The summed E-state index contributed by atoms with van der Waals surface area (Å²) in [5.41, 5.74) is 2.04. The molecule has 10 heteroatoms. The first-order valence-electron chi connectivity index (χ1n) is 13.2. The molecule has 0 aliphatic heterocycles. The summed E-state index contributed by atoms with van der Waals surface area (Å²) in [7, 11) is -2.41. The summed E-state index contributed by atoms with van der Waals surface area (Å²) < 4.78 is 32.2. The van der Waals surface area contributed by atoms with Crippen molar-refractivity contribution in [3.63, 3.8) is 0 Å². The van der Waals surface area contributed by atoms with Gasteiger partial charge in [0, 0.05) is 24.6 Å². The average Bonchev–Trinajstić information content (AvgIpc) is 2.93. The van der Waals surface area contributed by atoms with Crippen LogP contribution in [0.3, 0.4) is 0 Å². The lowest BCUT2D eigenvalue weighted by molar-refractivity contribution is -0.140. The Balaban J connectivity index is 2.09. The van der Waals surface area contributed by atoms with Gasteiger partial charge in [-0.1, -0.05) is 54.6 Å². The Morgan fingerprint density at radius 1 is 0.902 bits per heavy atom. The second-order valence-electron chi connectivity index (χ2n) is 10.1. The molecule has 218 valence electrons. The Labute approximate surface area is 242 Å². The fraction of sp³-hybridized carbons (Fsp3) is 0.323. The number of hydrogen-bond acceptors (Lipinski definition) is 6. The summed E-state index contributed by atoms with van der Waals surface area (Å²) in [5, 5.41) is 2.92. The van der Waals surface area contributed by atoms with Crippen LogP contribution in [0.15, 0.2) is 78.9 Å². The highest BCUT2D eigenvalue weighted by atomic mass is 32.2. The average molecular weight is 580 g/mol. The molecule has 0 saturated carbocycles. The Bertz CT molecular complexity index is 1470. The van der Waals surface area contributed by atoms with E-state index in [0.717, 1.165) is 16.1 Å². The number of sulfonamides is 1. The molecule has 41 heavy (non-hydrogen) atoms. The molecular weight excluding hydrogens is 542 g/mol. The van der Waals surface area contributed by atoms with Crippen LogP contribution >= 0.6 is 0 Å². The number of ether oxygens (including phenoxy) is 1. The van der Waals surface area contributed by atoms with Crippen LogP contribution in [0.25, 0.3) is 0 Å². The lowest BCUT2D eigenvalue weighted by Crippen LogP contribution is -2.54. The minimum atomic E-state index is -3.94. The summed E-state index contributed by atoms with van der Waals surface area (Å²) in [5.74, 6) is -0.588. The van der Waals surface area contributed by atoms with E-state index < -0.39 is 28.5 Å². The molecule has 0 saturated heterocycles. The van der Waals surface area contributed by atoms with Gasteiger partial charge in [0.15, 0.2) is 5.78 Å². The van der Waals surface area contributed by atoms with E-state index in [1.54, 1.807) is 30.3 Å². The lowest BCUT2D eigenvalue weighted by Gasteiger charge is -2.34. The molecule has 0 aliphatic rings. The number of methoxy groups -OCH3 is 1. The van der Waals surface area contributed by atoms with Crippen LogP contribution in [0, 0.1) is 0 Å². The van der Waals surface area contributed by atoms with Gasteiger partial charge in [-0.05, 0) is 56.2 Å². The van der Waals surface area contributed by atoms with Crippen LogP contribution in [0.5, 0.6) is 5.75 Å². The van der Waals surface area contributed by atoms with Gasteiger partial charge in [0.1, 0.15) is 18.3 Å². The van der Waals surface area contributed by atoms with Crippen molar-refractivity contribution in [1.29, 1.82) is 0 Å². The van der Waals surface area contributed by atoms with Crippen molar-refractivity contribution in [2.24, 2.45) is 0 Å². The first kappa shape index (κ1) is 31.3. The second-order valence-corrected chi connectivity index (χ2v) is 12.0. The van der Waals surface area contributed by atoms with E-state index in [9.17, 15) is 22.8 Å².